The van der Waals surface area contributed by atoms with Crippen LogP contribution in [0.1, 0.15) is 26.3 Å². The summed E-state index contributed by atoms with van der Waals surface area (Å²) in [7, 11) is 1.63. The van der Waals surface area contributed by atoms with Crippen molar-refractivity contribution in [3.8, 4) is 17.0 Å². The highest BCUT2D eigenvalue weighted by molar-refractivity contribution is 6.33. The van der Waals surface area contributed by atoms with Gasteiger partial charge in [-0.05, 0) is 37.1 Å². The summed E-state index contributed by atoms with van der Waals surface area (Å²) in [5.74, 6) is -0.309. The lowest BCUT2D eigenvalue weighted by Crippen LogP contribution is -2.54. The van der Waals surface area contributed by atoms with Crippen molar-refractivity contribution in [1.82, 2.24) is 14.8 Å². The molecule has 3 heterocycles. The smallest absolute Gasteiger partial charge is 0.217 e. The number of phenolic OH excluding ortho intramolecular Hbond substituents is 1. The molecule has 1 fully saturated rings. The number of amides is 2. The van der Waals surface area contributed by atoms with Gasteiger partial charge in [-0.3, -0.25) is 24.5 Å². The lowest BCUT2D eigenvalue weighted by Gasteiger charge is -2.41. The average Bonchev–Trinajstić information content (AvgIpc) is 2.92. The summed E-state index contributed by atoms with van der Waals surface area (Å²) in [5.41, 5.74) is 0.271. The van der Waals surface area contributed by atoms with Crippen LogP contribution in [-0.4, -0.2) is 83.7 Å². The van der Waals surface area contributed by atoms with Crippen molar-refractivity contribution in [3.05, 3.63) is 52.8 Å². The number of carbonyl (C=O) groups excluding carboxylic acids is 2. The van der Waals surface area contributed by atoms with E-state index in [1.807, 2.05) is 37.8 Å². The van der Waals surface area contributed by atoms with E-state index in [0.717, 1.165) is 6.41 Å². The van der Waals surface area contributed by atoms with Crippen LogP contribution in [0, 0.1) is 17.7 Å². The number of allylic oxidation sites excluding steroid dienone is 1. The minimum absolute atomic E-state index is 0.0106. The van der Waals surface area contributed by atoms with Gasteiger partial charge >= 0.3 is 0 Å². The Hall–Kier alpha value is -3.79. The summed E-state index contributed by atoms with van der Waals surface area (Å²) < 4.78 is 15.0. The van der Waals surface area contributed by atoms with E-state index < -0.39 is 12.0 Å². The molecule has 0 aliphatic carbocycles. The highest BCUT2D eigenvalue weighted by Gasteiger charge is 2.35. The molecule has 9 nitrogen and oxygen atoms in total. The molecule has 2 aromatic rings. The number of rotatable bonds is 7. The van der Waals surface area contributed by atoms with Crippen molar-refractivity contribution in [2.45, 2.75) is 33.0 Å². The Balaban J connectivity index is 1.93. The Morgan fingerprint density at radius 3 is 2.69 bits per heavy atom. The van der Waals surface area contributed by atoms with Gasteiger partial charge in [0, 0.05) is 44.9 Å². The van der Waals surface area contributed by atoms with Gasteiger partial charge in [0.15, 0.2) is 0 Å². The third-order valence-corrected chi connectivity index (χ3v) is 7.42. The van der Waals surface area contributed by atoms with Gasteiger partial charge in [-0.15, -0.1) is 0 Å². The Morgan fingerprint density at radius 2 is 2.08 bits per heavy atom. The predicted molar refractivity (Wildman–Crippen MR) is 151 cm³/mol. The second-order valence-corrected chi connectivity index (χ2v) is 10.4. The first kappa shape index (κ1) is 28.2. The zero-order valence-corrected chi connectivity index (χ0v) is 23.1. The number of carbonyl (C=O) groups is 2. The first-order valence-corrected chi connectivity index (χ1v) is 13.1. The number of dihydropyridines is 1. The van der Waals surface area contributed by atoms with E-state index in [1.54, 1.807) is 24.2 Å². The fourth-order valence-electron chi connectivity index (χ4n) is 5.14. The Kier molecular flexibility index (Phi) is 8.64. The van der Waals surface area contributed by atoms with E-state index in [0.29, 0.717) is 37.4 Å². The normalized spacial score (nSPS) is 21.4. The maximum absolute atomic E-state index is 15.0. The quantitative estimate of drug-likeness (QED) is 0.317. The van der Waals surface area contributed by atoms with Crippen molar-refractivity contribution < 1.29 is 19.1 Å². The third kappa shape index (κ3) is 5.52. The molecule has 0 bridgehead atoms. The molecule has 2 aliphatic heterocycles. The van der Waals surface area contributed by atoms with Crippen LogP contribution in [0.25, 0.3) is 11.3 Å². The minimum Gasteiger partial charge on any atom is -0.507 e. The van der Waals surface area contributed by atoms with Crippen molar-refractivity contribution in [1.29, 1.82) is 0 Å². The van der Waals surface area contributed by atoms with Gasteiger partial charge in [0.25, 0.3) is 0 Å². The molecule has 0 saturated carbocycles. The van der Waals surface area contributed by atoms with E-state index >= 15 is 0 Å². The molecule has 1 saturated heterocycles. The van der Waals surface area contributed by atoms with Gasteiger partial charge in [-0.1, -0.05) is 37.6 Å². The monoisotopic (exact) mass is 554 g/mol. The molecule has 2 amide bonds. The fraction of sp³-hybridized carbons (Fsp3) is 0.393. The lowest BCUT2D eigenvalue weighted by molar-refractivity contribution is -0.120. The molecule has 39 heavy (non-hydrogen) atoms. The molecule has 206 valence electrons. The molecule has 3 unspecified atom stereocenters. The number of amidine groups is 1. The van der Waals surface area contributed by atoms with E-state index in [9.17, 15) is 19.1 Å². The number of benzene rings is 1. The number of aromatic hydroxyl groups is 1. The molecule has 0 spiro atoms. The summed E-state index contributed by atoms with van der Waals surface area (Å²) in [4.78, 5) is 43.1. The largest absolute Gasteiger partial charge is 0.507 e. The average molecular weight is 555 g/mol. The van der Waals surface area contributed by atoms with Gasteiger partial charge in [-0.2, -0.15) is 0 Å². The van der Waals surface area contributed by atoms with Crippen molar-refractivity contribution in [2.75, 3.05) is 31.6 Å². The van der Waals surface area contributed by atoms with Crippen LogP contribution in [0.5, 0.6) is 5.75 Å². The second-order valence-electron chi connectivity index (χ2n) is 9.94. The SMILES string of the molecule is CN=C(c1cc(Cl)c(-c2c(O)cccc2F)nc1N(C=O)C1N=CC=CC1C(C)C)N1CCN(C=O)CC1C. The molecule has 3 atom stereocenters. The molecule has 0 radical (unpaired) electrons. The van der Waals surface area contributed by atoms with E-state index in [4.69, 9.17) is 16.6 Å². The van der Waals surface area contributed by atoms with Crippen LogP contribution in [0.15, 0.2) is 46.4 Å². The van der Waals surface area contributed by atoms with Gasteiger partial charge in [0.2, 0.25) is 12.8 Å². The number of aromatic nitrogens is 1. The minimum atomic E-state index is -0.706. The highest BCUT2D eigenvalue weighted by atomic mass is 35.5. The molecular weight excluding hydrogens is 523 g/mol. The molecular formula is C28H32ClFN6O3. The highest BCUT2D eigenvalue weighted by Crippen LogP contribution is 2.39. The number of hydrogen-bond acceptors (Lipinski definition) is 6. The predicted octanol–water partition coefficient (Wildman–Crippen LogP) is 3.99. The van der Waals surface area contributed by atoms with Crippen LogP contribution < -0.4 is 4.90 Å². The molecule has 1 N–H and O–H groups in total. The van der Waals surface area contributed by atoms with Gasteiger partial charge in [-0.25, -0.2) is 9.37 Å². The van der Waals surface area contributed by atoms with Crippen molar-refractivity contribution in [2.24, 2.45) is 21.8 Å². The number of aliphatic imine (C=N–C) groups is 2. The molecule has 2 aliphatic rings. The van der Waals surface area contributed by atoms with E-state index in [1.165, 1.54) is 23.1 Å². The maximum Gasteiger partial charge on any atom is 0.217 e. The lowest BCUT2D eigenvalue weighted by atomic mass is 9.90. The first-order chi connectivity index (χ1) is 18.7. The van der Waals surface area contributed by atoms with Crippen LogP contribution in [0.2, 0.25) is 5.02 Å². The summed E-state index contributed by atoms with van der Waals surface area (Å²) in [6.07, 6.45) is 6.33. The fourth-order valence-corrected chi connectivity index (χ4v) is 5.38. The molecule has 1 aromatic carbocycles. The summed E-state index contributed by atoms with van der Waals surface area (Å²) in [6, 6.07) is 5.44. The third-order valence-electron chi connectivity index (χ3n) is 7.13. The first-order valence-electron chi connectivity index (χ1n) is 12.8. The molecule has 11 heteroatoms. The molecule has 4 rings (SSSR count). The number of anilines is 1. The number of hydrogen-bond donors (Lipinski definition) is 1. The number of halogens is 2. The Morgan fingerprint density at radius 1 is 1.31 bits per heavy atom. The Bertz CT molecular complexity index is 1310. The number of phenols is 1. The Labute approximate surface area is 232 Å². The van der Waals surface area contributed by atoms with Crippen LogP contribution in [-0.2, 0) is 9.59 Å². The van der Waals surface area contributed by atoms with Crippen LogP contribution >= 0.6 is 11.6 Å². The van der Waals surface area contributed by atoms with Gasteiger partial charge < -0.3 is 14.9 Å². The van der Waals surface area contributed by atoms with Crippen molar-refractivity contribution in [3.63, 3.8) is 0 Å². The van der Waals surface area contributed by atoms with Gasteiger partial charge in [0.1, 0.15) is 29.4 Å². The molecule has 1 aromatic heterocycles. The summed E-state index contributed by atoms with van der Waals surface area (Å²) >= 11 is 6.70. The second kappa shape index (κ2) is 11.9. The van der Waals surface area contributed by atoms with E-state index in [-0.39, 0.29) is 45.7 Å². The van der Waals surface area contributed by atoms with Crippen LogP contribution in [0.4, 0.5) is 10.2 Å². The maximum atomic E-state index is 15.0. The summed E-state index contributed by atoms with van der Waals surface area (Å²) in [6.45, 7) is 7.54. The zero-order valence-electron chi connectivity index (χ0n) is 22.3. The number of pyridine rings is 1. The number of piperazine rings is 1. The van der Waals surface area contributed by atoms with Crippen LogP contribution in [0.3, 0.4) is 0 Å². The summed E-state index contributed by atoms with van der Waals surface area (Å²) in [5, 5.41) is 10.6. The van der Waals surface area contributed by atoms with Crippen molar-refractivity contribution >= 4 is 42.3 Å². The zero-order chi connectivity index (χ0) is 28.3. The van der Waals surface area contributed by atoms with Gasteiger partial charge in [0.05, 0.1) is 21.8 Å². The number of nitrogens with zero attached hydrogens (tertiary/aromatic N) is 6. The topological polar surface area (TPSA) is 102 Å². The van der Waals surface area contributed by atoms with E-state index in [2.05, 4.69) is 9.98 Å². The standard InChI is InChI=1S/C28H32ClFN6O3/c1-17(2)19-7-6-10-32-27(19)36(16-38)28-20(26(31-4)35-12-11-34(15-37)14-18(35)3)13-21(29)25(33-28)24-22(30)8-5-9-23(24)39/h5-10,13,15-19,27,39H,11-12,14H2,1-4H3.